The van der Waals surface area contributed by atoms with E-state index in [1.807, 2.05) is 30.3 Å². The largest absolute Gasteiger partial charge is 0.444 e. The normalized spacial score (nSPS) is 11.9. The highest BCUT2D eigenvalue weighted by molar-refractivity contribution is 7.13. The van der Waals surface area contributed by atoms with Crippen LogP contribution in [0.4, 0.5) is 9.93 Å². The minimum absolute atomic E-state index is 0.197. The van der Waals surface area contributed by atoms with Crippen LogP contribution in [0.2, 0.25) is 0 Å². The van der Waals surface area contributed by atoms with Gasteiger partial charge in [0.1, 0.15) is 6.61 Å². The molecule has 0 saturated heterocycles. The molecule has 1 atom stereocenters. The summed E-state index contributed by atoms with van der Waals surface area (Å²) < 4.78 is 5.04. The van der Waals surface area contributed by atoms with E-state index in [9.17, 15) is 9.90 Å². The van der Waals surface area contributed by atoms with Gasteiger partial charge in [-0.25, -0.2) is 9.78 Å². The van der Waals surface area contributed by atoms with Crippen molar-refractivity contribution < 1.29 is 14.6 Å². The zero-order valence-corrected chi connectivity index (χ0v) is 10.9. The molecule has 2 rings (SSSR count). The molecule has 0 aliphatic heterocycles. The molecule has 99 valence electrons. The maximum absolute atomic E-state index is 11.5. The zero-order chi connectivity index (χ0) is 13.7. The summed E-state index contributed by atoms with van der Waals surface area (Å²) in [6, 6.07) is 9.38. The number of benzene rings is 1. The first kappa shape index (κ1) is 13.5. The van der Waals surface area contributed by atoms with E-state index in [1.165, 1.54) is 11.3 Å². The molecule has 1 aromatic heterocycles. The number of rotatable bonds is 4. The maximum Gasteiger partial charge on any atom is 0.413 e. The minimum atomic E-state index is -0.896. The summed E-state index contributed by atoms with van der Waals surface area (Å²) in [4.78, 5) is 15.5. The Hall–Kier alpha value is -1.92. The fraction of sp³-hybridized carbons (Fsp3) is 0.154. The molecule has 1 aromatic carbocycles. The Labute approximate surface area is 114 Å². The fourth-order valence-electron chi connectivity index (χ4n) is 1.34. The molecule has 1 heterocycles. The van der Waals surface area contributed by atoms with Crippen molar-refractivity contribution in [1.29, 1.82) is 0 Å². The Morgan fingerprint density at radius 2 is 2.21 bits per heavy atom. The van der Waals surface area contributed by atoms with Crippen LogP contribution in [0.25, 0.3) is 0 Å². The third-order valence-electron chi connectivity index (χ3n) is 2.29. The number of aromatic nitrogens is 1. The monoisotopic (exact) mass is 277 g/mol. The second-order valence-corrected chi connectivity index (χ2v) is 4.64. The third kappa shape index (κ3) is 4.04. The number of ether oxygens (including phenoxy) is 1. The Bertz CT molecular complexity index is 540. The molecule has 0 saturated carbocycles. The molecule has 0 aliphatic rings. The Kier molecular flexibility index (Phi) is 4.48. The Balaban J connectivity index is 1.84. The SMILES string of the molecule is [CH2]C(O)c1csc(NC(=O)OCc2ccccc2)n1. The van der Waals surface area contributed by atoms with E-state index in [0.29, 0.717) is 10.8 Å². The van der Waals surface area contributed by atoms with Crippen LogP contribution in [-0.4, -0.2) is 16.2 Å². The lowest BCUT2D eigenvalue weighted by atomic mass is 10.2. The molecule has 0 aliphatic carbocycles. The summed E-state index contributed by atoms with van der Waals surface area (Å²) in [7, 11) is 0. The van der Waals surface area contributed by atoms with Crippen LogP contribution >= 0.6 is 11.3 Å². The maximum atomic E-state index is 11.5. The Morgan fingerprint density at radius 3 is 2.84 bits per heavy atom. The fourth-order valence-corrected chi connectivity index (χ4v) is 2.09. The number of nitrogens with one attached hydrogen (secondary N) is 1. The van der Waals surface area contributed by atoms with Crippen molar-refractivity contribution in [2.24, 2.45) is 0 Å². The Morgan fingerprint density at radius 1 is 1.47 bits per heavy atom. The van der Waals surface area contributed by atoms with E-state index in [4.69, 9.17) is 4.74 Å². The highest BCUT2D eigenvalue weighted by Crippen LogP contribution is 2.20. The lowest BCUT2D eigenvalue weighted by molar-refractivity contribution is 0.155. The van der Waals surface area contributed by atoms with Gasteiger partial charge in [0.15, 0.2) is 5.13 Å². The van der Waals surface area contributed by atoms with Gasteiger partial charge in [-0.15, -0.1) is 11.3 Å². The first-order valence-electron chi connectivity index (χ1n) is 5.59. The molecule has 0 spiro atoms. The average molecular weight is 277 g/mol. The van der Waals surface area contributed by atoms with Crippen molar-refractivity contribution >= 4 is 22.6 Å². The molecular formula is C13H13N2O3S. The van der Waals surface area contributed by atoms with Crippen LogP contribution in [-0.2, 0) is 11.3 Å². The predicted octanol–water partition coefficient (Wildman–Crippen LogP) is 2.76. The van der Waals surface area contributed by atoms with Crippen molar-refractivity contribution in [2.45, 2.75) is 12.7 Å². The highest BCUT2D eigenvalue weighted by Gasteiger charge is 2.10. The van der Waals surface area contributed by atoms with Gasteiger partial charge in [-0.1, -0.05) is 30.3 Å². The molecular weight excluding hydrogens is 264 g/mol. The van der Waals surface area contributed by atoms with Crippen LogP contribution in [0.3, 0.4) is 0 Å². The van der Waals surface area contributed by atoms with Gasteiger partial charge < -0.3 is 9.84 Å². The van der Waals surface area contributed by atoms with Gasteiger partial charge in [0.05, 0.1) is 11.8 Å². The molecule has 6 heteroatoms. The number of anilines is 1. The number of nitrogens with zero attached hydrogens (tertiary/aromatic N) is 1. The van der Waals surface area contributed by atoms with Crippen molar-refractivity contribution in [3.63, 3.8) is 0 Å². The molecule has 1 radical (unpaired) electrons. The van der Waals surface area contributed by atoms with E-state index in [2.05, 4.69) is 17.2 Å². The van der Waals surface area contributed by atoms with Gasteiger partial charge in [-0.2, -0.15) is 0 Å². The summed E-state index contributed by atoms with van der Waals surface area (Å²) in [5.41, 5.74) is 1.33. The highest BCUT2D eigenvalue weighted by atomic mass is 32.1. The lowest BCUT2D eigenvalue weighted by Crippen LogP contribution is -2.13. The quantitative estimate of drug-likeness (QED) is 0.901. The zero-order valence-electron chi connectivity index (χ0n) is 10.1. The van der Waals surface area contributed by atoms with E-state index >= 15 is 0 Å². The molecule has 19 heavy (non-hydrogen) atoms. The number of amides is 1. The van der Waals surface area contributed by atoms with Crippen LogP contribution < -0.4 is 5.32 Å². The van der Waals surface area contributed by atoms with E-state index in [-0.39, 0.29) is 6.61 Å². The number of thiazole rings is 1. The summed E-state index contributed by atoms with van der Waals surface area (Å²) in [6.07, 6.45) is -1.48. The van der Waals surface area contributed by atoms with Crippen LogP contribution in [0.1, 0.15) is 17.4 Å². The smallest absolute Gasteiger partial charge is 0.413 e. The van der Waals surface area contributed by atoms with Crippen molar-refractivity contribution in [2.75, 3.05) is 5.32 Å². The molecule has 0 fully saturated rings. The van der Waals surface area contributed by atoms with Crippen LogP contribution in [0, 0.1) is 6.92 Å². The topological polar surface area (TPSA) is 71.5 Å². The van der Waals surface area contributed by atoms with Crippen molar-refractivity contribution in [3.05, 3.63) is 53.9 Å². The summed E-state index contributed by atoms with van der Waals surface area (Å²) in [5.74, 6) is 0. The van der Waals surface area contributed by atoms with E-state index in [1.54, 1.807) is 5.38 Å². The summed E-state index contributed by atoms with van der Waals surface area (Å²) >= 11 is 1.20. The van der Waals surface area contributed by atoms with Gasteiger partial charge >= 0.3 is 6.09 Å². The second kappa shape index (κ2) is 6.31. The third-order valence-corrected chi connectivity index (χ3v) is 3.06. The van der Waals surface area contributed by atoms with Gasteiger partial charge in [0, 0.05) is 5.38 Å². The molecule has 0 bridgehead atoms. The minimum Gasteiger partial charge on any atom is -0.444 e. The first-order chi connectivity index (χ1) is 9.15. The summed E-state index contributed by atoms with van der Waals surface area (Å²) in [5, 5.41) is 13.7. The number of carbonyl (C=O) groups excluding carboxylic acids is 1. The summed E-state index contributed by atoms with van der Waals surface area (Å²) in [6.45, 7) is 3.63. The van der Waals surface area contributed by atoms with Crippen molar-refractivity contribution in [1.82, 2.24) is 4.98 Å². The molecule has 5 nitrogen and oxygen atoms in total. The average Bonchev–Trinajstić information content (AvgIpc) is 2.86. The number of aliphatic hydroxyl groups excluding tert-OH is 1. The number of aliphatic hydroxyl groups is 1. The van der Waals surface area contributed by atoms with Crippen LogP contribution in [0.15, 0.2) is 35.7 Å². The van der Waals surface area contributed by atoms with Crippen LogP contribution in [0.5, 0.6) is 0 Å². The molecule has 1 amide bonds. The van der Waals surface area contributed by atoms with E-state index < -0.39 is 12.2 Å². The second-order valence-electron chi connectivity index (χ2n) is 3.78. The van der Waals surface area contributed by atoms with Gasteiger partial charge in [-0.3, -0.25) is 5.32 Å². The first-order valence-corrected chi connectivity index (χ1v) is 6.47. The van der Waals surface area contributed by atoms with Gasteiger partial charge in [0.25, 0.3) is 0 Å². The van der Waals surface area contributed by atoms with Crippen molar-refractivity contribution in [3.8, 4) is 0 Å². The molecule has 2 aromatic rings. The lowest BCUT2D eigenvalue weighted by Gasteiger charge is -2.04. The molecule has 2 N–H and O–H groups in total. The standard InChI is InChI=1S/C13H13N2O3S/c1-9(16)11-8-19-12(14-11)15-13(17)18-7-10-5-3-2-4-6-10/h2-6,8-9,16H,1,7H2,(H,14,15,17). The number of hydrogen-bond acceptors (Lipinski definition) is 5. The van der Waals surface area contributed by atoms with E-state index in [0.717, 1.165) is 5.56 Å². The number of carbonyl (C=O) groups is 1. The van der Waals surface area contributed by atoms with Gasteiger partial charge in [-0.05, 0) is 12.5 Å². The number of hydrogen-bond donors (Lipinski definition) is 2. The molecule has 1 unspecified atom stereocenters. The van der Waals surface area contributed by atoms with Gasteiger partial charge in [0.2, 0.25) is 0 Å². The predicted molar refractivity (Wildman–Crippen MR) is 72.7 cm³/mol.